The molecule has 0 aromatic heterocycles. The fourth-order valence-electron chi connectivity index (χ4n) is 0.997. The van der Waals surface area contributed by atoms with Crippen LogP contribution in [0.3, 0.4) is 0 Å². The Balaban J connectivity index is 4.22. The third-order valence-electron chi connectivity index (χ3n) is 1.77. The lowest BCUT2D eigenvalue weighted by molar-refractivity contribution is -0.871. The molecule has 0 saturated carbocycles. The van der Waals surface area contributed by atoms with Crippen molar-refractivity contribution in [3.05, 3.63) is 5.21 Å². The molecule has 0 radical (unpaired) electrons. The third-order valence-corrected chi connectivity index (χ3v) is 1.77. The minimum atomic E-state index is -1.03. The molecule has 0 fully saturated rings. The van der Waals surface area contributed by atoms with Crippen molar-refractivity contribution in [1.82, 2.24) is 0 Å². The second-order valence-electron chi connectivity index (χ2n) is 3.21. The Morgan fingerprint density at radius 2 is 2.00 bits per heavy atom. The smallest absolute Gasteiger partial charge is 0.140 e. The molecule has 5 heteroatoms. The zero-order valence-electron chi connectivity index (χ0n) is 7.73. The summed E-state index contributed by atoms with van der Waals surface area (Å²) in [5.74, 6) is 0. The molecule has 0 spiro atoms. The highest BCUT2D eigenvalue weighted by Crippen LogP contribution is 2.09. The number of methoxy groups -OCH3 is 1. The van der Waals surface area contributed by atoms with Gasteiger partial charge in [-0.15, -0.1) is 0 Å². The average molecular weight is 179 g/mol. The summed E-state index contributed by atoms with van der Waals surface area (Å²) in [5.41, 5.74) is 0. The lowest BCUT2D eigenvalue weighted by Gasteiger charge is -2.43. The topological polar surface area (TPSA) is 72.8 Å². The van der Waals surface area contributed by atoms with E-state index >= 15 is 0 Å². The van der Waals surface area contributed by atoms with E-state index in [4.69, 9.17) is 9.84 Å². The van der Waals surface area contributed by atoms with Gasteiger partial charge in [-0.1, -0.05) is 0 Å². The second-order valence-corrected chi connectivity index (χ2v) is 3.21. The molecule has 0 aliphatic heterocycles. The SMILES string of the molecule is COCC(C(O)CO)[N+](C)(C)[O-]. The number of rotatable bonds is 5. The van der Waals surface area contributed by atoms with Gasteiger partial charge in [0.05, 0.1) is 20.7 Å². The molecule has 0 aliphatic rings. The van der Waals surface area contributed by atoms with Crippen LogP contribution in [0.2, 0.25) is 0 Å². The van der Waals surface area contributed by atoms with E-state index in [-0.39, 0.29) is 6.61 Å². The molecule has 0 amide bonds. The number of quaternary nitrogens is 1. The molecular formula is C7H17NO4. The van der Waals surface area contributed by atoms with E-state index in [1.807, 2.05) is 0 Å². The standard InChI is InChI=1S/C7H17NO4/c1-8(2,11)6(5-12-3)7(10)4-9/h6-7,9-10H,4-5H2,1-3H3. The van der Waals surface area contributed by atoms with Gasteiger partial charge in [0.15, 0.2) is 0 Å². The summed E-state index contributed by atoms with van der Waals surface area (Å²) in [7, 11) is 4.26. The summed E-state index contributed by atoms with van der Waals surface area (Å²) < 4.78 is 4.10. The highest BCUT2D eigenvalue weighted by molar-refractivity contribution is 4.68. The van der Waals surface area contributed by atoms with Crippen LogP contribution in [0.4, 0.5) is 0 Å². The highest BCUT2D eigenvalue weighted by Gasteiger charge is 2.28. The van der Waals surface area contributed by atoms with Crippen LogP contribution in [0.5, 0.6) is 0 Å². The van der Waals surface area contributed by atoms with Crippen molar-refractivity contribution >= 4 is 0 Å². The number of aliphatic hydroxyl groups excluding tert-OH is 2. The normalized spacial score (nSPS) is 17.5. The number of hydrogen-bond donors (Lipinski definition) is 2. The molecule has 12 heavy (non-hydrogen) atoms. The van der Waals surface area contributed by atoms with Gasteiger partial charge in [-0.3, -0.25) is 0 Å². The summed E-state index contributed by atoms with van der Waals surface area (Å²) in [6.45, 7) is -0.282. The lowest BCUT2D eigenvalue weighted by atomic mass is 10.1. The predicted octanol–water partition coefficient (Wildman–Crippen LogP) is -1.07. The van der Waals surface area contributed by atoms with Gasteiger partial charge in [0.25, 0.3) is 0 Å². The molecule has 5 nitrogen and oxygen atoms in total. The first-order valence-electron chi connectivity index (χ1n) is 3.76. The van der Waals surface area contributed by atoms with E-state index in [0.717, 1.165) is 0 Å². The summed E-state index contributed by atoms with van der Waals surface area (Å²) >= 11 is 0. The maximum atomic E-state index is 11.4. The first-order chi connectivity index (χ1) is 5.43. The minimum Gasteiger partial charge on any atom is -0.633 e. The van der Waals surface area contributed by atoms with Gasteiger partial charge < -0.3 is 24.8 Å². The van der Waals surface area contributed by atoms with Crippen LogP contribution in [-0.2, 0) is 4.74 Å². The molecule has 0 aliphatic carbocycles. The lowest BCUT2D eigenvalue weighted by Crippen LogP contribution is -2.54. The second kappa shape index (κ2) is 4.74. The van der Waals surface area contributed by atoms with Crippen LogP contribution in [0.25, 0.3) is 0 Å². The first kappa shape index (κ1) is 11.8. The van der Waals surface area contributed by atoms with Crippen LogP contribution < -0.4 is 0 Å². The van der Waals surface area contributed by atoms with E-state index in [1.165, 1.54) is 21.2 Å². The maximum Gasteiger partial charge on any atom is 0.140 e. The average Bonchev–Trinajstić information content (AvgIpc) is 1.96. The summed E-state index contributed by atoms with van der Waals surface area (Å²) in [6.07, 6.45) is -1.03. The van der Waals surface area contributed by atoms with Crippen LogP contribution >= 0.6 is 0 Å². The van der Waals surface area contributed by atoms with Crippen LogP contribution in [-0.4, -0.2) is 61.4 Å². The highest BCUT2D eigenvalue weighted by atomic mass is 16.6. The molecule has 0 rings (SSSR count). The van der Waals surface area contributed by atoms with Crippen LogP contribution in [0.15, 0.2) is 0 Å². The summed E-state index contributed by atoms with van der Waals surface area (Å²) in [5, 5.41) is 29.3. The number of nitrogens with zero attached hydrogens (tertiary/aromatic N) is 1. The monoisotopic (exact) mass is 179 g/mol. The molecule has 0 aromatic rings. The molecule has 0 saturated heterocycles. The summed E-state index contributed by atoms with van der Waals surface area (Å²) in [4.78, 5) is 0. The number of ether oxygens (including phenoxy) is 1. The van der Waals surface area contributed by atoms with Crippen molar-refractivity contribution in [2.24, 2.45) is 0 Å². The van der Waals surface area contributed by atoms with Gasteiger partial charge in [-0.05, 0) is 0 Å². The van der Waals surface area contributed by atoms with Crippen molar-refractivity contribution < 1.29 is 19.6 Å². The summed E-state index contributed by atoms with van der Waals surface area (Å²) in [6, 6.07) is -0.639. The van der Waals surface area contributed by atoms with Crippen molar-refractivity contribution in [3.63, 3.8) is 0 Å². The van der Waals surface area contributed by atoms with Crippen molar-refractivity contribution in [2.75, 3.05) is 34.4 Å². The molecule has 2 unspecified atom stereocenters. The molecular weight excluding hydrogens is 162 g/mol. The number of likely N-dealkylation sites (N-methyl/N-ethyl adjacent to an activating group) is 1. The van der Waals surface area contributed by atoms with E-state index in [2.05, 4.69) is 0 Å². The van der Waals surface area contributed by atoms with E-state index < -0.39 is 23.4 Å². The third kappa shape index (κ3) is 3.46. The Morgan fingerprint density at radius 1 is 1.50 bits per heavy atom. The zero-order chi connectivity index (χ0) is 9.78. The Kier molecular flexibility index (Phi) is 4.66. The zero-order valence-corrected chi connectivity index (χ0v) is 7.73. The van der Waals surface area contributed by atoms with E-state index in [9.17, 15) is 10.3 Å². The number of hydroxylamine groups is 3. The molecule has 2 N–H and O–H groups in total. The molecule has 0 heterocycles. The Labute approximate surface area is 72.3 Å². The van der Waals surface area contributed by atoms with Crippen molar-refractivity contribution in [1.29, 1.82) is 0 Å². The van der Waals surface area contributed by atoms with Gasteiger partial charge >= 0.3 is 0 Å². The first-order valence-corrected chi connectivity index (χ1v) is 3.76. The van der Waals surface area contributed by atoms with Gasteiger partial charge in [0.2, 0.25) is 0 Å². The molecule has 0 aromatic carbocycles. The quantitative estimate of drug-likeness (QED) is 0.416. The fourth-order valence-corrected chi connectivity index (χ4v) is 0.997. The molecule has 2 atom stereocenters. The molecule has 0 bridgehead atoms. The van der Waals surface area contributed by atoms with Gasteiger partial charge in [-0.25, -0.2) is 0 Å². The van der Waals surface area contributed by atoms with Gasteiger partial charge in [-0.2, -0.15) is 0 Å². The van der Waals surface area contributed by atoms with E-state index in [1.54, 1.807) is 0 Å². The van der Waals surface area contributed by atoms with Gasteiger partial charge in [0.1, 0.15) is 18.8 Å². The van der Waals surface area contributed by atoms with Crippen molar-refractivity contribution in [2.45, 2.75) is 12.1 Å². The fraction of sp³-hybridized carbons (Fsp3) is 1.00. The maximum absolute atomic E-state index is 11.4. The number of aliphatic hydroxyl groups is 2. The van der Waals surface area contributed by atoms with Gasteiger partial charge in [0, 0.05) is 7.11 Å². The largest absolute Gasteiger partial charge is 0.633 e. The Hall–Kier alpha value is -0.200. The predicted molar refractivity (Wildman–Crippen MR) is 44.2 cm³/mol. The van der Waals surface area contributed by atoms with Crippen molar-refractivity contribution in [3.8, 4) is 0 Å². The minimum absolute atomic E-state index is 0.137. The molecule has 74 valence electrons. The van der Waals surface area contributed by atoms with Crippen LogP contribution in [0.1, 0.15) is 0 Å². The van der Waals surface area contributed by atoms with Crippen LogP contribution in [0, 0.1) is 5.21 Å². The number of hydrogen-bond acceptors (Lipinski definition) is 4. The Bertz CT molecular complexity index is 123. The Morgan fingerprint density at radius 3 is 2.25 bits per heavy atom. The van der Waals surface area contributed by atoms with E-state index in [0.29, 0.717) is 0 Å².